The standard InChI is InChI=1S/C12H13N3O2/c1-17-10-4-2-3-9(5-10)7-13-11-6-12(16)15-8-14-11/h2-6,8H,7H2,1H3,(H2,13,14,15,16). The van der Waals surface area contributed by atoms with E-state index in [-0.39, 0.29) is 5.56 Å². The predicted octanol–water partition coefficient (Wildman–Crippen LogP) is 1.39. The summed E-state index contributed by atoms with van der Waals surface area (Å²) < 4.78 is 5.13. The van der Waals surface area contributed by atoms with Gasteiger partial charge in [0.25, 0.3) is 5.56 Å². The number of hydrogen-bond donors (Lipinski definition) is 2. The molecule has 2 aromatic rings. The number of nitrogens with one attached hydrogen (secondary N) is 2. The van der Waals surface area contributed by atoms with E-state index in [0.29, 0.717) is 12.4 Å². The van der Waals surface area contributed by atoms with Crippen molar-refractivity contribution in [1.82, 2.24) is 9.97 Å². The van der Waals surface area contributed by atoms with E-state index in [1.54, 1.807) is 7.11 Å². The summed E-state index contributed by atoms with van der Waals surface area (Å²) in [6.45, 7) is 0.591. The Labute approximate surface area is 98.5 Å². The van der Waals surface area contributed by atoms with E-state index >= 15 is 0 Å². The minimum absolute atomic E-state index is 0.173. The fourth-order valence-corrected chi connectivity index (χ4v) is 1.44. The van der Waals surface area contributed by atoms with Gasteiger partial charge in [-0.25, -0.2) is 4.98 Å². The first-order valence-corrected chi connectivity index (χ1v) is 5.19. The maximum Gasteiger partial charge on any atom is 0.252 e. The van der Waals surface area contributed by atoms with Gasteiger partial charge in [0.1, 0.15) is 11.6 Å². The zero-order valence-corrected chi connectivity index (χ0v) is 9.43. The zero-order valence-electron chi connectivity index (χ0n) is 9.43. The Morgan fingerprint density at radius 1 is 1.41 bits per heavy atom. The molecule has 5 nitrogen and oxygen atoms in total. The van der Waals surface area contributed by atoms with E-state index in [0.717, 1.165) is 11.3 Å². The number of ether oxygens (including phenoxy) is 1. The second kappa shape index (κ2) is 5.16. The van der Waals surface area contributed by atoms with Gasteiger partial charge in [-0.15, -0.1) is 0 Å². The van der Waals surface area contributed by atoms with Crippen LogP contribution >= 0.6 is 0 Å². The molecule has 0 radical (unpaired) electrons. The first-order valence-electron chi connectivity index (χ1n) is 5.19. The summed E-state index contributed by atoms with van der Waals surface area (Å²) in [5.41, 5.74) is 0.888. The fourth-order valence-electron chi connectivity index (χ4n) is 1.44. The highest BCUT2D eigenvalue weighted by molar-refractivity contribution is 5.35. The monoisotopic (exact) mass is 231 g/mol. The van der Waals surface area contributed by atoms with Crippen LogP contribution in [0.5, 0.6) is 5.75 Å². The smallest absolute Gasteiger partial charge is 0.252 e. The van der Waals surface area contributed by atoms with Crippen LogP contribution in [0.15, 0.2) is 41.5 Å². The Hall–Kier alpha value is -2.30. The lowest BCUT2D eigenvalue weighted by molar-refractivity contribution is 0.414. The molecule has 17 heavy (non-hydrogen) atoms. The van der Waals surface area contributed by atoms with E-state index in [9.17, 15) is 4.79 Å². The van der Waals surface area contributed by atoms with Crippen LogP contribution in [0.1, 0.15) is 5.56 Å². The summed E-state index contributed by atoms with van der Waals surface area (Å²) in [5, 5.41) is 3.07. The summed E-state index contributed by atoms with van der Waals surface area (Å²) in [7, 11) is 1.63. The van der Waals surface area contributed by atoms with Crippen LogP contribution in [-0.4, -0.2) is 17.1 Å². The summed E-state index contributed by atoms with van der Waals surface area (Å²) in [4.78, 5) is 17.5. The average molecular weight is 231 g/mol. The van der Waals surface area contributed by atoms with Crippen molar-refractivity contribution in [2.45, 2.75) is 6.54 Å². The molecule has 1 aromatic heterocycles. The van der Waals surface area contributed by atoms with Gasteiger partial charge in [-0.3, -0.25) is 4.79 Å². The second-order valence-corrected chi connectivity index (χ2v) is 3.50. The van der Waals surface area contributed by atoms with Gasteiger partial charge >= 0.3 is 0 Å². The van der Waals surface area contributed by atoms with Gasteiger partial charge in [0.2, 0.25) is 0 Å². The molecule has 0 aliphatic rings. The number of methoxy groups -OCH3 is 1. The van der Waals surface area contributed by atoms with Gasteiger partial charge in [-0.1, -0.05) is 12.1 Å². The van der Waals surface area contributed by atoms with Crippen LogP contribution in [0, 0.1) is 0 Å². The summed E-state index contributed by atoms with van der Waals surface area (Å²) in [6.07, 6.45) is 1.37. The predicted molar refractivity (Wildman–Crippen MR) is 65.2 cm³/mol. The number of nitrogens with zero attached hydrogens (tertiary/aromatic N) is 1. The molecule has 1 heterocycles. The number of rotatable bonds is 4. The Bertz CT molecular complexity index is 551. The van der Waals surface area contributed by atoms with Crippen molar-refractivity contribution < 1.29 is 4.74 Å². The van der Waals surface area contributed by atoms with Crippen LogP contribution in [-0.2, 0) is 6.54 Å². The molecule has 0 saturated heterocycles. The number of anilines is 1. The van der Waals surface area contributed by atoms with Gasteiger partial charge in [0.05, 0.1) is 13.4 Å². The molecule has 0 unspecified atom stereocenters. The Morgan fingerprint density at radius 3 is 3.06 bits per heavy atom. The molecule has 5 heteroatoms. The molecule has 2 rings (SSSR count). The highest BCUT2D eigenvalue weighted by atomic mass is 16.5. The molecule has 88 valence electrons. The van der Waals surface area contributed by atoms with Crippen molar-refractivity contribution in [3.05, 3.63) is 52.6 Å². The van der Waals surface area contributed by atoms with Crippen molar-refractivity contribution >= 4 is 5.82 Å². The molecule has 0 aliphatic carbocycles. The number of benzene rings is 1. The van der Waals surface area contributed by atoms with Crippen LogP contribution in [0.2, 0.25) is 0 Å². The first-order chi connectivity index (χ1) is 8.28. The molecule has 0 amide bonds. The molecule has 0 fully saturated rings. The van der Waals surface area contributed by atoms with E-state index in [4.69, 9.17) is 4.74 Å². The maximum atomic E-state index is 11.0. The molecule has 0 atom stereocenters. The largest absolute Gasteiger partial charge is 0.497 e. The van der Waals surface area contributed by atoms with Crippen LogP contribution in [0.25, 0.3) is 0 Å². The van der Waals surface area contributed by atoms with E-state index in [2.05, 4.69) is 15.3 Å². The number of H-pyrrole nitrogens is 1. The molecular formula is C12H13N3O2. The van der Waals surface area contributed by atoms with Crippen LogP contribution < -0.4 is 15.6 Å². The van der Waals surface area contributed by atoms with Crippen molar-refractivity contribution in [3.8, 4) is 5.75 Å². The van der Waals surface area contributed by atoms with E-state index < -0.39 is 0 Å². The SMILES string of the molecule is COc1cccc(CNc2cc(=O)[nH]cn2)c1. The van der Waals surface area contributed by atoms with Crippen molar-refractivity contribution in [2.75, 3.05) is 12.4 Å². The minimum Gasteiger partial charge on any atom is -0.497 e. The molecule has 2 N–H and O–H groups in total. The van der Waals surface area contributed by atoms with Gasteiger partial charge in [0, 0.05) is 12.6 Å². The normalized spacial score (nSPS) is 9.94. The van der Waals surface area contributed by atoms with Gasteiger partial charge < -0.3 is 15.0 Å². The first kappa shape index (κ1) is 11.2. The third-order valence-corrected chi connectivity index (χ3v) is 2.29. The molecular weight excluding hydrogens is 218 g/mol. The Kier molecular flexibility index (Phi) is 3.40. The van der Waals surface area contributed by atoms with Gasteiger partial charge in [-0.05, 0) is 17.7 Å². The third kappa shape index (κ3) is 3.07. The molecule has 0 saturated carbocycles. The quantitative estimate of drug-likeness (QED) is 0.834. The Morgan fingerprint density at radius 2 is 2.29 bits per heavy atom. The lowest BCUT2D eigenvalue weighted by Gasteiger charge is -2.06. The molecule has 0 bridgehead atoms. The summed E-state index contributed by atoms with van der Waals surface area (Å²) in [5.74, 6) is 1.36. The molecule has 0 aliphatic heterocycles. The molecule has 0 spiro atoms. The van der Waals surface area contributed by atoms with E-state index in [1.807, 2.05) is 24.3 Å². The maximum absolute atomic E-state index is 11.0. The molecule has 1 aromatic carbocycles. The summed E-state index contributed by atoms with van der Waals surface area (Å²) in [6, 6.07) is 9.12. The lowest BCUT2D eigenvalue weighted by Crippen LogP contribution is -2.08. The van der Waals surface area contributed by atoms with Gasteiger partial charge in [0.15, 0.2) is 0 Å². The third-order valence-electron chi connectivity index (χ3n) is 2.29. The Balaban J connectivity index is 2.04. The van der Waals surface area contributed by atoms with Crippen molar-refractivity contribution in [2.24, 2.45) is 0 Å². The summed E-state index contributed by atoms with van der Waals surface area (Å²) >= 11 is 0. The fraction of sp³-hybridized carbons (Fsp3) is 0.167. The zero-order chi connectivity index (χ0) is 12.1. The van der Waals surface area contributed by atoms with Crippen LogP contribution in [0.4, 0.5) is 5.82 Å². The van der Waals surface area contributed by atoms with Crippen LogP contribution in [0.3, 0.4) is 0 Å². The minimum atomic E-state index is -0.173. The average Bonchev–Trinajstić information content (AvgIpc) is 2.37. The number of aromatic nitrogens is 2. The van der Waals surface area contributed by atoms with Crippen molar-refractivity contribution in [3.63, 3.8) is 0 Å². The van der Waals surface area contributed by atoms with E-state index in [1.165, 1.54) is 12.4 Å². The highest BCUT2D eigenvalue weighted by Crippen LogP contribution is 2.13. The second-order valence-electron chi connectivity index (χ2n) is 3.50. The number of hydrogen-bond acceptors (Lipinski definition) is 4. The topological polar surface area (TPSA) is 67.0 Å². The highest BCUT2D eigenvalue weighted by Gasteiger charge is 1.97. The number of aromatic amines is 1. The van der Waals surface area contributed by atoms with Crippen molar-refractivity contribution in [1.29, 1.82) is 0 Å². The lowest BCUT2D eigenvalue weighted by atomic mass is 10.2. The van der Waals surface area contributed by atoms with Gasteiger partial charge in [-0.2, -0.15) is 0 Å².